The molecular formula is C18H35N3O4. The van der Waals surface area contributed by atoms with Crippen molar-refractivity contribution in [2.45, 2.75) is 90.6 Å². The van der Waals surface area contributed by atoms with E-state index in [4.69, 9.17) is 4.74 Å². The van der Waals surface area contributed by atoms with Crippen LogP contribution < -0.4 is 16.0 Å². The van der Waals surface area contributed by atoms with E-state index in [-0.39, 0.29) is 17.9 Å². The Kier molecular flexibility index (Phi) is 8.15. The predicted octanol–water partition coefficient (Wildman–Crippen LogP) is 1.54. The van der Waals surface area contributed by atoms with Gasteiger partial charge in [-0.1, -0.05) is 13.8 Å². The highest BCUT2D eigenvalue weighted by Gasteiger charge is 2.30. The van der Waals surface area contributed by atoms with Gasteiger partial charge >= 0.3 is 6.09 Å². The number of aliphatic hydroxyl groups excluding tert-OH is 1. The normalized spacial score (nSPS) is 25.8. The molecule has 0 aromatic rings. The summed E-state index contributed by atoms with van der Waals surface area (Å²) in [6.07, 6.45) is 0.820. The first-order valence-electron chi connectivity index (χ1n) is 9.19. The van der Waals surface area contributed by atoms with Crippen LogP contribution in [0.4, 0.5) is 4.79 Å². The van der Waals surface area contributed by atoms with Crippen LogP contribution in [0.15, 0.2) is 0 Å². The summed E-state index contributed by atoms with van der Waals surface area (Å²) in [5.41, 5.74) is -0.623. The van der Waals surface area contributed by atoms with Crippen LogP contribution in [-0.4, -0.2) is 53.5 Å². The van der Waals surface area contributed by atoms with Gasteiger partial charge in [-0.2, -0.15) is 0 Å². The first-order chi connectivity index (χ1) is 11.5. The Morgan fingerprint density at radius 1 is 1.28 bits per heavy atom. The molecule has 1 heterocycles. The average Bonchev–Trinajstić information content (AvgIpc) is 2.59. The molecule has 2 amide bonds. The number of alkyl carbamates (subject to hydrolysis) is 1. The number of ether oxygens (including phenoxy) is 1. The van der Waals surface area contributed by atoms with Gasteiger partial charge in [0.05, 0.1) is 12.1 Å². The van der Waals surface area contributed by atoms with Gasteiger partial charge in [-0.25, -0.2) is 4.79 Å². The van der Waals surface area contributed by atoms with Crippen molar-refractivity contribution in [2.24, 2.45) is 5.92 Å². The Bertz CT molecular complexity index is 448. The van der Waals surface area contributed by atoms with Gasteiger partial charge in [0.15, 0.2) is 0 Å². The second-order valence-corrected chi connectivity index (χ2v) is 8.40. The zero-order valence-electron chi connectivity index (χ0n) is 16.4. The number of rotatable bonds is 5. The summed E-state index contributed by atoms with van der Waals surface area (Å²) in [6, 6.07) is -0.696. The first-order valence-corrected chi connectivity index (χ1v) is 9.19. The van der Waals surface area contributed by atoms with E-state index in [9.17, 15) is 14.7 Å². The van der Waals surface area contributed by atoms with E-state index in [1.54, 1.807) is 20.8 Å². The minimum absolute atomic E-state index is 0.228. The number of nitrogens with one attached hydrogen (secondary N) is 3. The van der Waals surface area contributed by atoms with Crippen molar-refractivity contribution in [3.8, 4) is 0 Å². The van der Waals surface area contributed by atoms with Crippen LogP contribution in [0.5, 0.6) is 0 Å². The first kappa shape index (κ1) is 21.7. The van der Waals surface area contributed by atoms with Gasteiger partial charge in [-0.05, 0) is 52.9 Å². The van der Waals surface area contributed by atoms with E-state index in [0.29, 0.717) is 25.4 Å². The lowest BCUT2D eigenvalue weighted by atomic mass is 10.0. The number of aliphatic hydroxyl groups is 1. The van der Waals surface area contributed by atoms with Crippen LogP contribution in [0.2, 0.25) is 0 Å². The summed E-state index contributed by atoms with van der Waals surface area (Å²) in [5, 5.41) is 19.0. The minimum atomic E-state index is -0.685. The molecule has 4 atom stereocenters. The van der Waals surface area contributed by atoms with Crippen LogP contribution in [0, 0.1) is 5.92 Å². The number of hydrogen-bond acceptors (Lipinski definition) is 5. The van der Waals surface area contributed by atoms with Crippen molar-refractivity contribution < 1.29 is 19.4 Å². The van der Waals surface area contributed by atoms with E-state index in [1.807, 2.05) is 13.8 Å². The van der Waals surface area contributed by atoms with Crippen LogP contribution >= 0.6 is 0 Å². The highest BCUT2D eigenvalue weighted by Crippen LogP contribution is 2.13. The number of carbonyl (C=O) groups excluding carboxylic acids is 2. The van der Waals surface area contributed by atoms with E-state index in [0.717, 1.165) is 6.42 Å². The summed E-state index contributed by atoms with van der Waals surface area (Å²) >= 11 is 0. The summed E-state index contributed by atoms with van der Waals surface area (Å²) in [5.74, 6) is -0.0513. The lowest BCUT2D eigenvalue weighted by Gasteiger charge is -2.27. The molecular weight excluding hydrogens is 322 g/mol. The Balaban J connectivity index is 2.70. The molecule has 0 aliphatic carbocycles. The van der Waals surface area contributed by atoms with Crippen LogP contribution in [0.3, 0.4) is 0 Å². The van der Waals surface area contributed by atoms with E-state index in [1.165, 1.54) is 0 Å². The predicted molar refractivity (Wildman–Crippen MR) is 97.2 cm³/mol. The molecule has 25 heavy (non-hydrogen) atoms. The molecule has 146 valence electrons. The van der Waals surface area contributed by atoms with Gasteiger partial charge in [0.1, 0.15) is 11.6 Å². The van der Waals surface area contributed by atoms with E-state index < -0.39 is 23.8 Å². The van der Waals surface area contributed by atoms with Gasteiger partial charge < -0.3 is 25.8 Å². The standard InChI is InChI=1S/C18H35N3O4/c1-11(2)9-14(21-17(24)25-18(4,5)6)16(23)20-13-8-7-12(3)19-10-15(13)22/h11-15,19,22H,7-10H2,1-6H3,(H,20,23)(H,21,24)/t12-,13+,14-,15-/m0/s1. The van der Waals surface area contributed by atoms with Crippen molar-refractivity contribution in [3.63, 3.8) is 0 Å². The van der Waals surface area contributed by atoms with Crippen molar-refractivity contribution in [1.29, 1.82) is 0 Å². The molecule has 0 bridgehead atoms. The molecule has 7 heteroatoms. The molecule has 0 aromatic carbocycles. The monoisotopic (exact) mass is 357 g/mol. The Morgan fingerprint density at radius 2 is 1.92 bits per heavy atom. The molecule has 1 aliphatic heterocycles. The third-order valence-corrected chi connectivity index (χ3v) is 4.09. The Morgan fingerprint density at radius 3 is 2.48 bits per heavy atom. The van der Waals surface area contributed by atoms with Gasteiger partial charge in [-0.3, -0.25) is 4.79 Å². The summed E-state index contributed by atoms with van der Waals surface area (Å²) < 4.78 is 5.26. The van der Waals surface area contributed by atoms with Crippen LogP contribution in [0.1, 0.15) is 60.8 Å². The fourth-order valence-corrected chi connectivity index (χ4v) is 2.79. The molecule has 7 nitrogen and oxygen atoms in total. The van der Waals surface area contributed by atoms with E-state index >= 15 is 0 Å². The largest absolute Gasteiger partial charge is 0.444 e. The SMILES string of the molecule is CC(C)C[C@H](NC(=O)OC(C)(C)C)C(=O)N[C@@H]1CC[C@H](C)NC[C@@H]1O. The lowest BCUT2D eigenvalue weighted by molar-refractivity contribution is -0.125. The number of carbonyl (C=O) groups is 2. The molecule has 1 fully saturated rings. The molecule has 1 saturated heterocycles. The van der Waals surface area contributed by atoms with Gasteiger partial charge in [-0.15, -0.1) is 0 Å². The number of hydrogen-bond donors (Lipinski definition) is 4. The number of β-amino-alcohol motifs (C(OH)–C–C–N with tert-alkyl or cyclic N) is 1. The van der Waals surface area contributed by atoms with Crippen molar-refractivity contribution in [3.05, 3.63) is 0 Å². The zero-order chi connectivity index (χ0) is 19.2. The fourth-order valence-electron chi connectivity index (χ4n) is 2.79. The molecule has 1 rings (SSSR count). The molecule has 0 saturated carbocycles. The van der Waals surface area contributed by atoms with E-state index in [2.05, 4.69) is 22.9 Å². The van der Waals surface area contributed by atoms with Crippen molar-refractivity contribution in [2.75, 3.05) is 6.54 Å². The second kappa shape index (κ2) is 9.38. The maximum Gasteiger partial charge on any atom is 0.408 e. The lowest BCUT2D eigenvalue weighted by Crippen LogP contribution is -2.54. The highest BCUT2D eigenvalue weighted by molar-refractivity contribution is 5.85. The molecule has 0 aromatic heterocycles. The van der Waals surface area contributed by atoms with Crippen molar-refractivity contribution >= 4 is 12.0 Å². The Hall–Kier alpha value is -1.34. The summed E-state index contributed by atoms with van der Waals surface area (Å²) in [6.45, 7) is 11.8. The zero-order valence-corrected chi connectivity index (χ0v) is 16.4. The average molecular weight is 357 g/mol. The maximum atomic E-state index is 12.7. The molecule has 0 radical (unpaired) electrons. The highest BCUT2D eigenvalue weighted by atomic mass is 16.6. The third-order valence-electron chi connectivity index (χ3n) is 4.09. The summed E-state index contributed by atoms with van der Waals surface area (Å²) in [7, 11) is 0. The summed E-state index contributed by atoms with van der Waals surface area (Å²) in [4.78, 5) is 24.7. The van der Waals surface area contributed by atoms with Gasteiger partial charge in [0.25, 0.3) is 0 Å². The molecule has 4 N–H and O–H groups in total. The second-order valence-electron chi connectivity index (χ2n) is 8.40. The van der Waals surface area contributed by atoms with Crippen LogP contribution in [0.25, 0.3) is 0 Å². The fraction of sp³-hybridized carbons (Fsp3) is 0.889. The quantitative estimate of drug-likeness (QED) is 0.598. The van der Waals surface area contributed by atoms with Crippen molar-refractivity contribution in [1.82, 2.24) is 16.0 Å². The number of amides is 2. The molecule has 0 unspecified atom stereocenters. The smallest absolute Gasteiger partial charge is 0.408 e. The van der Waals surface area contributed by atoms with Gasteiger partial charge in [0.2, 0.25) is 5.91 Å². The van der Waals surface area contributed by atoms with Crippen LogP contribution in [-0.2, 0) is 9.53 Å². The molecule has 0 spiro atoms. The molecule has 1 aliphatic rings. The topological polar surface area (TPSA) is 99.7 Å². The van der Waals surface area contributed by atoms with Gasteiger partial charge in [0, 0.05) is 12.6 Å². The Labute approximate surface area is 151 Å². The maximum absolute atomic E-state index is 12.7. The third kappa shape index (κ3) is 8.54. The minimum Gasteiger partial charge on any atom is -0.444 e.